The van der Waals surface area contributed by atoms with E-state index in [9.17, 15) is 9.59 Å². The van der Waals surface area contributed by atoms with Crippen LogP contribution in [0.3, 0.4) is 0 Å². The molecule has 152 valence electrons. The molecule has 0 atom stereocenters. The van der Waals surface area contributed by atoms with Gasteiger partial charge in [-0.3, -0.25) is 4.79 Å². The van der Waals surface area contributed by atoms with Crippen molar-refractivity contribution >= 4 is 28.5 Å². The number of nitrogens with one attached hydrogen (secondary N) is 3. The molecule has 3 aromatic rings. The standard InChI is InChI=1S/C20H23N5O4/c1-4-21-16-11-17(25-12(2)24-16)22-8-9-23-19(26)14-10-13-6-5-7-15(28-3)18(13)29-20(14)27/h5-7,10-11H,4,8-9H2,1-3H3,(H,23,26)(H2,21,22,24,25). The molecule has 0 radical (unpaired) electrons. The maximum Gasteiger partial charge on any atom is 0.349 e. The van der Waals surface area contributed by atoms with E-state index in [4.69, 9.17) is 9.15 Å². The van der Waals surface area contributed by atoms with Crippen molar-refractivity contribution in [1.29, 1.82) is 0 Å². The van der Waals surface area contributed by atoms with Crippen LogP contribution in [0.25, 0.3) is 11.0 Å². The molecule has 0 unspecified atom stereocenters. The SMILES string of the molecule is CCNc1cc(NCCNC(=O)c2cc3cccc(OC)c3oc2=O)nc(C)n1. The van der Waals surface area contributed by atoms with E-state index in [1.807, 2.05) is 13.8 Å². The minimum atomic E-state index is -0.714. The largest absolute Gasteiger partial charge is 0.493 e. The van der Waals surface area contributed by atoms with Crippen LogP contribution in [0.1, 0.15) is 23.1 Å². The normalized spacial score (nSPS) is 10.6. The van der Waals surface area contributed by atoms with E-state index >= 15 is 0 Å². The van der Waals surface area contributed by atoms with Gasteiger partial charge in [0, 0.05) is 31.1 Å². The van der Waals surface area contributed by atoms with Crippen molar-refractivity contribution in [2.45, 2.75) is 13.8 Å². The summed E-state index contributed by atoms with van der Waals surface area (Å²) in [5, 5.41) is 9.58. The first kappa shape index (κ1) is 20.1. The van der Waals surface area contributed by atoms with Crippen molar-refractivity contribution in [3.63, 3.8) is 0 Å². The van der Waals surface area contributed by atoms with Crippen LogP contribution in [0.2, 0.25) is 0 Å². The lowest BCUT2D eigenvalue weighted by molar-refractivity contribution is 0.0951. The molecule has 0 aliphatic carbocycles. The highest BCUT2D eigenvalue weighted by atomic mass is 16.5. The molecule has 0 aliphatic heterocycles. The highest BCUT2D eigenvalue weighted by Gasteiger charge is 2.15. The first-order valence-electron chi connectivity index (χ1n) is 9.24. The van der Waals surface area contributed by atoms with Crippen molar-refractivity contribution in [3.8, 4) is 5.75 Å². The van der Waals surface area contributed by atoms with Crippen LogP contribution < -0.4 is 26.3 Å². The Bertz CT molecular complexity index is 1080. The number of hydrogen-bond donors (Lipinski definition) is 3. The Hall–Kier alpha value is -3.62. The predicted molar refractivity (Wildman–Crippen MR) is 111 cm³/mol. The average molecular weight is 397 g/mol. The molecule has 0 bridgehead atoms. The Morgan fingerprint density at radius 2 is 1.90 bits per heavy atom. The molecule has 0 saturated heterocycles. The molecular formula is C20H23N5O4. The van der Waals surface area contributed by atoms with Crippen LogP contribution in [0.15, 0.2) is 39.5 Å². The zero-order chi connectivity index (χ0) is 20.8. The van der Waals surface area contributed by atoms with Gasteiger partial charge in [0.15, 0.2) is 11.3 Å². The van der Waals surface area contributed by atoms with E-state index in [-0.39, 0.29) is 5.56 Å². The summed E-state index contributed by atoms with van der Waals surface area (Å²) < 4.78 is 10.5. The van der Waals surface area contributed by atoms with Crippen LogP contribution in [-0.4, -0.2) is 42.6 Å². The number of benzene rings is 1. The number of hydrogen-bond acceptors (Lipinski definition) is 8. The van der Waals surface area contributed by atoms with Crippen LogP contribution in [0, 0.1) is 6.92 Å². The number of aryl methyl sites for hydroxylation is 1. The Labute approximate surface area is 167 Å². The lowest BCUT2D eigenvalue weighted by atomic mass is 10.1. The number of aromatic nitrogens is 2. The molecule has 0 aliphatic rings. The molecule has 3 rings (SSSR count). The zero-order valence-electron chi connectivity index (χ0n) is 16.5. The molecule has 0 spiro atoms. The number of nitrogens with zero attached hydrogens (tertiary/aromatic N) is 2. The van der Waals surface area contributed by atoms with Crippen molar-refractivity contribution in [3.05, 3.63) is 52.1 Å². The second-order valence-electron chi connectivity index (χ2n) is 6.22. The molecule has 9 nitrogen and oxygen atoms in total. The number of amides is 1. The zero-order valence-corrected chi connectivity index (χ0v) is 16.5. The third kappa shape index (κ3) is 4.81. The number of fused-ring (bicyclic) bond motifs is 1. The molecule has 1 aromatic carbocycles. The summed E-state index contributed by atoms with van der Waals surface area (Å²) in [5.41, 5.74) is -0.457. The topological polar surface area (TPSA) is 118 Å². The summed E-state index contributed by atoms with van der Waals surface area (Å²) in [6.45, 7) is 5.28. The van der Waals surface area contributed by atoms with Gasteiger partial charge in [-0.05, 0) is 26.0 Å². The van der Waals surface area contributed by atoms with Crippen molar-refractivity contribution in [2.24, 2.45) is 0 Å². The van der Waals surface area contributed by atoms with Gasteiger partial charge in [0.25, 0.3) is 5.91 Å². The summed E-state index contributed by atoms with van der Waals surface area (Å²) in [5.74, 6) is 1.96. The number of ether oxygens (including phenoxy) is 1. The van der Waals surface area contributed by atoms with Crippen LogP contribution >= 0.6 is 0 Å². The minimum absolute atomic E-state index is 0.0573. The summed E-state index contributed by atoms with van der Waals surface area (Å²) in [7, 11) is 1.49. The van der Waals surface area contributed by atoms with Crippen molar-refractivity contribution in [1.82, 2.24) is 15.3 Å². The average Bonchev–Trinajstić information content (AvgIpc) is 2.70. The number of carbonyl (C=O) groups is 1. The summed E-state index contributed by atoms with van der Waals surface area (Å²) >= 11 is 0. The van der Waals surface area contributed by atoms with Gasteiger partial charge >= 0.3 is 5.63 Å². The van der Waals surface area contributed by atoms with Gasteiger partial charge in [-0.25, -0.2) is 14.8 Å². The van der Waals surface area contributed by atoms with E-state index in [1.165, 1.54) is 13.2 Å². The molecule has 9 heteroatoms. The van der Waals surface area contributed by atoms with Gasteiger partial charge in [0.2, 0.25) is 0 Å². The van der Waals surface area contributed by atoms with Gasteiger partial charge in [-0.2, -0.15) is 0 Å². The lowest BCUT2D eigenvalue weighted by Gasteiger charge is -2.10. The molecule has 2 aromatic heterocycles. The number of anilines is 2. The molecule has 29 heavy (non-hydrogen) atoms. The van der Waals surface area contributed by atoms with Gasteiger partial charge in [-0.1, -0.05) is 12.1 Å². The Morgan fingerprint density at radius 1 is 1.14 bits per heavy atom. The fourth-order valence-electron chi connectivity index (χ4n) is 2.83. The van der Waals surface area contributed by atoms with E-state index in [0.717, 1.165) is 12.4 Å². The third-order valence-corrected chi connectivity index (χ3v) is 4.10. The Balaban J connectivity index is 1.63. The van der Waals surface area contributed by atoms with Crippen molar-refractivity contribution in [2.75, 3.05) is 37.4 Å². The molecule has 1 amide bonds. The van der Waals surface area contributed by atoms with Crippen molar-refractivity contribution < 1.29 is 13.9 Å². The molecule has 0 fully saturated rings. The fourth-order valence-corrected chi connectivity index (χ4v) is 2.83. The number of methoxy groups -OCH3 is 1. The number of carbonyl (C=O) groups excluding carboxylic acids is 1. The van der Waals surface area contributed by atoms with E-state index in [1.54, 1.807) is 24.3 Å². The maximum atomic E-state index is 12.4. The van der Waals surface area contributed by atoms with Crippen LogP contribution in [0.5, 0.6) is 5.75 Å². The number of rotatable bonds is 8. The van der Waals surface area contributed by atoms with E-state index in [0.29, 0.717) is 41.5 Å². The van der Waals surface area contributed by atoms with E-state index < -0.39 is 11.5 Å². The Morgan fingerprint density at radius 3 is 2.62 bits per heavy atom. The molecule has 0 saturated carbocycles. The fraction of sp³-hybridized carbons (Fsp3) is 0.300. The second kappa shape index (κ2) is 9.05. The predicted octanol–water partition coefficient (Wildman–Crippen LogP) is 2.17. The van der Waals surface area contributed by atoms with Gasteiger partial charge < -0.3 is 25.1 Å². The second-order valence-corrected chi connectivity index (χ2v) is 6.22. The highest BCUT2D eigenvalue weighted by Crippen LogP contribution is 2.24. The molecule has 2 heterocycles. The lowest BCUT2D eigenvalue weighted by Crippen LogP contribution is -2.32. The van der Waals surface area contributed by atoms with Gasteiger partial charge in [-0.15, -0.1) is 0 Å². The summed E-state index contributed by atoms with van der Waals surface area (Å²) in [4.78, 5) is 33.2. The van der Waals surface area contributed by atoms with Gasteiger partial charge in [0.1, 0.15) is 23.0 Å². The number of para-hydroxylation sites is 1. The molecular weight excluding hydrogens is 374 g/mol. The maximum absolute atomic E-state index is 12.4. The smallest absolute Gasteiger partial charge is 0.349 e. The van der Waals surface area contributed by atoms with Crippen LogP contribution in [0.4, 0.5) is 11.6 Å². The first-order chi connectivity index (χ1) is 14.0. The molecule has 3 N–H and O–H groups in total. The summed E-state index contributed by atoms with van der Waals surface area (Å²) in [6, 6.07) is 8.50. The monoisotopic (exact) mass is 397 g/mol. The minimum Gasteiger partial charge on any atom is -0.493 e. The highest BCUT2D eigenvalue weighted by molar-refractivity contribution is 5.97. The van der Waals surface area contributed by atoms with E-state index in [2.05, 4.69) is 25.9 Å². The van der Waals surface area contributed by atoms with Crippen LogP contribution in [-0.2, 0) is 0 Å². The summed E-state index contributed by atoms with van der Waals surface area (Å²) in [6.07, 6.45) is 0. The Kier molecular flexibility index (Phi) is 6.28. The first-order valence-corrected chi connectivity index (χ1v) is 9.24. The quantitative estimate of drug-likeness (QED) is 0.391. The third-order valence-electron chi connectivity index (χ3n) is 4.10. The van der Waals surface area contributed by atoms with Gasteiger partial charge in [0.05, 0.1) is 7.11 Å².